The summed E-state index contributed by atoms with van der Waals surface area (Å²) in [5, 5.41) is 3.65. The van der Waals surface area contributed by atoms with E-state index in [9.17, 15) is 18.0 Å². The van der Waals surface area contributed by atoms with E-state index in [-0.39, 0.29) is 23.8 Å². The second kappa shape index (κ2) is 15.9. The SMILES string of the molecule is CCCCNC(=O)C(Cc1ccccc1)N(Cc1ccc(Cl)c(Cl)c1)C(=O)CN(c1ccccc1C)S(=O)(=O)c1ccccc1. The molecule has 1 unspecified atom stereocenters. The van der Waals surface area contributed by atoms with Gasteiger partial charge in [0.05, 0.1) is 20.6 Å². The van der Waals surface area contributed by atoms with Crippen LogP contribution in [0, 0.1) is 6.92 Å². The summed E-state index contributed by atoms with van der Waals surface area (Å²) in [6, 6.07) is 28.5. The second-order valence-corrected chi connectivity index (χ2v) is 13.4. The van der Waals surface area contributed by atoms with E-state index < -0.39 is 28.5 Å². The van der Waals surface area contributed by atoms with Gasteiger partial charge in [0.2, 0.25) is 11.8 Å². The third-order valence-corrected chi connectivity index (χ3v) is 9.94. The van der Waals surface area contributed by atoms with Crippen molar-refractivity contribution in [1.82, 2.24) is 10.2 Å². The normalized spacial score (nSPS) is 11.9. The summed E-state index contributed by atoms with van der Waals surface area (Å²) >= 11 is 12.5. The van der Waals surface area contributed by atoms with Crippen LogP contribution in [0.4, 0.5) is 5.69 Å². The first-order chi connectivity index (χ1) is 21.6. The molecule has 4 aromatic carbocycles. The fourth-order valence-electron chi connectivity index (χ4n) is 4.97. The zero-order valence-corrected chi connectivity index (χ0v) is 27.7. The minimum Gasteiger partial charge on any atom is -0.354 e. The lowest BCUT2D eigenvalue weighted by Crippen LogP contribution is -2.53. The van der Waals surface area contributed by atoms with Gasteiger partial charge in [-0.15, -0.1) is 0 Å². The van der Waals surface area contributed by atoms with Gasteiger partial charge in [-0.05, 0) is 60.4 Å². The number of halogens is 2. The maximum absolute atomic E-state index is 14.5. The van der Waals surface area contributed by atoms with Crippen molar-refractivity contribution in [3.05, 3.63) is 130 Å². The molecule has 0 aromatic heterocycles. The molecule has 0 spiro atoms. The Balaban J connectivity index is 1.80. The van der Waals surface area contributed by atoms with Crippen molar-refractivity contribution in [2.24, 2.45) is 0 Å². The predicted molar refractivity (Wildman–Crippen MR) is 181 cm³/mol. The lowest BCUT2D eigenvalue weighted by Gasteiger charge is -2.34. The van der Waals surface area contributed by atoms with Crippen LogP contribution in [-0.4, -0.2) is 44.3 Å². The zero-order chi connectivity index (χ0) is 32.4. The van der Waals surface area contributed by atoms with E-state index >= 15 is 0 Å². The van der Waals surface area contributed by atoms with Crippen molar-refractivity contribution in [2.45, 2.75) is 50.6 Å². The third-order valence-electron chi connectivity index (χ3n) is 7.43. The van der Waals surface area contributed by atoms with Gasteiger partial charge in [-0.3, -0.25) is 13.9 Å². The number of sulfonamides is 1. The smallest absolute Gasteiger partial charge is 0.264 e. The molecule has 0 saturated heterocycles. The molecule has 45 heavy (non-hydrogen) atoms. The Morgan fingerprint density at radius 2 is 1.47 bits per heavy atom. The molecule has 7 nitrogen and oxygen atoms in total. The van der Waals surface area contributed by atoms with E-state index in [1.807, 2.05) is 37.3 Å². The van der Waals surface area contributed by atoms with Gasteiger partial charge in [0.25, 0.3) is 10.0 Å². The number of aryl methyl sites for hydroxylation is 1. The number of nitrogens with zero attached hydrogens (tertiary/aromatic N) is 2. The maximum Gasteiger partial charge on any atom is 0.264 e. The molecular weight excluding hydrogens is 629 g/mol. The highest BCUT2D eigenvalue weighted by Gasteiger charge is 2.35. The van der Waals surface area contributed by atoms with Crippen LogP contribution >= 0.6 is 23.2 Å². The number of anilines is 1. The lowest BCUT2D eigenvalue weighted by molar-refractivity contribution is -0.140. The number of unbranched alkanes of at least 4 members (excludes halogenated alkanes) is 1. The Kier molecular flexibility index (Phi) is 12.0. The van der Waals surface area contributed by atoms with Gasteiger partial charge in [-0.1, -0.05) is 109 Å². The highest BCUT2D eigenvalue weighted by Crippen LogP contribution is 2.28. The third kappa shape index (κ3) is 8.87. The number of rotatable bonds is 14. The van der Waals surface area contributed by atoms with Gasteiger partial charge in [-0.2, -0.15) is 0 Å². The fourth-order valence-corrected chi connectivity index (χ4v) is 6.79. The maximum atomic E-state index is 14.5. The first-order valence-corrected chi connectivity index (χ1v) is 17.0. The van der Waals surface area contributed by atoms with Gasteiger partial charge < -0.3 is 10.2 Å². The van der Waals surface area contributed by atoms with Gasteiger partial charge in [0.1, 0.15) is 12.6 Å². The number of para-hydroxylation sites is 1. The predicted octanol–water partition coefficient (Wildman–Crippen LogP) is 7.05. The van der Waals surface area contributed by atoms with Crippen LogP contribution in [0.2, 0.25) is 10.0 Å². The average molecular weight is 667 g/mol. The van der Waals surface area contributed by atoms with Crippen LogP contribution in [0.25, 0.3) is 0 Å². The first-order valence-electron chi connectivity index (χ1n) is 14.8. The number of carbonyl (C=O) groups is 2. The standard InChI is InChI=1S/C35H37Cl2N3O4S/c1-3-4-21-38-35(42)33(23-27-14-7-5-8-15-27)39(24-28-19-20-30(36)31(37)22-28)34(41)25-40(32-18-12-11-13-26(32)2)45(43,44)29-16-9-6-10-17-29/h5-20,22,33H,3-4,21,23-25H2,1-2H3,(H,38,42). The lowest BCUT2D eigenvalue weighted by atomic mass is 10.0. The van der Waals surface area contributed by atoms with Gasteiger partial charge in [0, 0.05) is 19.5 Å². The van der Waals surface area contributed by atoms with Gasteiger partial charge in [0.15, 0.2) is 0 Å². The molecule has 4 rings (SSSR count). The Labute approximate surface area is 275 Å². The van der Waals surface area contributed by atoms with Crippen molar-refractivity contribution in [3.63, 3.8) is 0 Å². The molecule has 1 atom stereocenters. The van der Waals surface area contributed by atoms with Crippen molar-refractivity contribution < 1.29 is 18.0 Å². The summed E-state index contributed by atoms with van der Waals surface area (Å²) in [6.45, 7) is 3.74. The molecular formula is C35H37Cl2N3O4S. The Bertz CT molecular complexity index is 1700. The van der Waals surface area contributed by atoms with Crippen LogP contribution in [0.3, 0.4) is 0 Å². The first kappa shape index (κ1) is 34.0. The van der Waals surface area contributed by atoms with E-state index in [1.54, 1.807) is 67.6 Å². The van der Waals surface area contributed by atoms with E-state index in [0.29, 0.717) is 33.4 Å². The Morgan fingerprint density at radius 3 is 2.11 bits per heavy atom. The highest BCUT2D eigenvalue weighted by atomic mass is 35.5. The molecule has 0 aliphatic rings. The molecule has 1 N–H and O–H groups in total. The molecule has 0 radical (unpaired) electrons. The number of amides is 2. The number of carbonyl (C=O) groups excluding carboxylic acids is 2. The second-order valence-electron chi connectivity index (χ2n) is 10.7. The van der Waals surface area contributed by atoms with Crippen molar-refractivity contribution in [2.75, 3.05) is 17.4 Å². The van der Waals surface area contributed by atoms with E-state index in [0.717, 1.165) is 22.7 Å². The summed E-state index contributed by atoms with van der Waals surface area (Å²) in [6.07, 6.45) is 1.89. The van der Waals surface area contributed by atoms with Crippen LogP contribution in [0.15, 0.2) is 108 Å². The number of benzene rings is 4. The summed E-state index contributed by atoms with van der Waals surface area (Å²) < 4.78 is 29.3. The molecule has 0 heterocycles. The number of hydrogen-bond acceptors (Lipinski definition) is 4. The van der Waals surface area contributed by atoms with E-state index in [2.05, 4.69) is 5.32 Å². The molecule has 0 bridgehead atoms. The van der Waals surface area contributed by atoms with Gasteiger partial charge in [-0.25, -0.2) is 8.42 Å². The molecule has 236 valence electrons. The summed E-state index contributed by atoms with van der Waals surface area (Å²) in [5.41, 5.74) is 2.55. The molecule has 0 aliphatic heterocycles. The summed E-state index contributed by atoms with van der Waals surface area (Å²) in [5.74, 6) is -0.871. The van der Waals surface area contributed by atoms with E-state index in [1.165, 1.54) is 17.0 Å². The van der Waals surface area contributed by atoms with Gasteiger partial charge >= 0.3 is 0 Å². The van der Waals surface area contributed by atoms with Crippen LogP contribution in [-0.2, 0) is 32.6 Å². The fraction of sp³-hybridized carbons (Fsp3) is 0.257. The molecule has 0 fully saturated rings. The van der Waals surface area contributed by atoms with Crippen LogP contribution in [0.1, 0.15) is 36.5 Å². The highest BCUT2D eigenvalue weighted by molar-refractivity contribution is 7.92. The molecule has 0 aliphatic carbocycles. The van der Waals surface area contributed by atoms with Crippen molar-refractivity contribution in [3.8, 4) is 0 Å². The summed E-state index contributed by atoms with van der Waals surface area (Å²) in [7, 11) is -4.17. The monoisotopic (exact) mass is 665 g/mol. The van der Waals surface area contributed by atoms with Crippen LogP contribution in [0.5, 0.6) is 0 Å². The quantitative estimate of drug-likeness (QED) is 0.146. The van der Waals surface area contributed by atoms with Crippen molar-refractivity contribution >= 4 is 50.7 Å². The molecule has 2 amide bonds. The number of hydrogen-bond donors (Lipinski definition) is 1. The Morgan fingerprint density at radius 1 is 0.822 bits per heavy atom. The summed E-state index contributed by atoms with van der Waals surface area (Å²) in [4.78, 5) is 29.8. The number of nitrogens with one attached hydrogen (secondary N) is 1. The molecule has 10 heteroatoms. The van der Waals surface area contributed by atoms with E-state index in [4.69, 9.17) is 23.2 Å². The average Bonchev–Trinajstić information content (AvgIpc) is 3.04. The largest absolute Gasteiger partial charge is 0.354 e. The molecule has 4 aromatic rings. The topological polar surface area (TPSA) is 86.8 Å². The Hall–Kier alpha value is -3.85. The zero-order valence-electron chi connectivity index (χ0n) is 25.3. The van der Waals surface area contributed by atoms with Crippen LogP contribution < -0.4 is 9.62 Å². The minimum absolute atomic E-state index is 0.00141. The van der Waals surface area contributed by atoms with Crippen molar-refractivity contribution in [1.29, 1.82) is 0 Å². The minimum atomic E-state index is -4.17. The molecule has 0 saturated carbocycles.